The Morgan fingerprint density at radius 3 is 2.58 bits per heavy atom. The molecule has 1 rings (SSSR count). The van der Waals surface area contributed by atoms with E-state index in [9.17, 15) is 10.1 Å². The average Bonchev–Trinajstić information content (AvgIpc) is 2.27. The van der Waals surface area contributed by atoms with Gasteiger partial charge in [0.2, 0.25) is 0 Å². The normalized spacial score (nSPS) is 14.2. The average molecular weight is 265 g/mol. The third kappa shape index (κ3) is 3.92. The van der Waals surface area contributed by atoms with Crippen molar-refractivity contribution < 1.29 is 4.92 Å². The molecule has 5 nitrogen and oxygen atoms in total. The Morgan fingerprint density at radius 1 is 1.47 bits per heavy atom. The van der Waals surface area contributed by atoms with Gasteiger partial charge in [-0.3, -0.25) is 10.1 Å². The van der Waals surface area contributed by atoms with Crippen molar-refractivity contribution in [2.45, 2.75) is 39.7 Å². The molecule has 0 saturated heterocycles. The molecule has 0 saturated carbocycles. The van der Waals surface area contributed by atoms with Gasteiger partial charge < -0.3 is 11.1 Å². The van der Waals surface area contributed by atoms with Crippen molar-refractivity contribution in [3.63, 3.8) is 0 Å². The van der Waals surface area contributed by atoms with Gasteiger partial charge in [0, 0.05) is 17.6 Å². The summed E-state index contributed by atoms with van der Waals surface area (Å²) in [5, 5.41) is 14.4. The summed E-state index contributed by atoms with van der Waals surface area (Å²) in [7, 11) is 0. The monoisotopic (exact) mass is 265 g/mol. The molecule has 0 aliphatic carbocycles. The topological polar surface area (TPSA) is 81.2 Å². The fourth-order valence-corrected chi connectivity index (χ4v) is 2.41. The largest absolute Gasteiger partial charge is 0.373 e. The standard InChI is InChI=1S/C14H23N3O2/c1-10(2)8-14(4,9-15)16-12-7-5-6-11(3)13(12)17(18)19/h5-7,10,16H,8-9,15H2,1-4H3. The number of hydrogen-bond acceptors (Lipinski definition) is 4. The molecular formula is C14H23N3O2. The van der Waals surface area contributed by atoms with Crippen molar-refractivity contribution in [2.75, 3.05) is 11.9 Å². The second-order valence-electron chi connectivity index (χ2n) is 5.72. The lowest BCUT2D eigenvalue weighted by Gasteiger charge is -2.32. The molecule has 0 radical (unpaired) electrons. The van der Waals surface area contributed by atoms with E-state index in [1.54, 1.807) is 19.1 Å². The highest BCUT2D eigenvalue weighted by atomic mass is 16.6. The van der Waals surface area contributed by atoms with Crippen LogP contribution in [0.25, 0.3) is 0 Å². The SMILES string of the molecule is Cc1cccc(NC(C)(CN)CC(C)C)c1[N+](=O)[O-]. The maximum atomic E-state index is 11.2. The molecule has 0 spiro atoms. The van der Waals surface area contributed by atoms with E-state index in [4.69, 9.17) is 5.73 Å². The lowest BCUT2D eigenvalue weighted by Crippen LogP contribution is -2.43. The number of anilines is 1. The van der Waals surface area contributed by atoms with Crippen LogP contribution < -0.4 is 11.1 Å². The van der Waals surface area contributed by atoms with Gasteiger partial charge in [0.1, 0.15) is 5.69 Å². The van der Waals surface area contributed by atoms with Crippen LogP contribution in [0.1, 0.15) is 32.8 Å². The number of nitro groups is 1. The first-order valence-corrected chi connectivity index (χ1v) is 6.51. The molecule has 1 aromatic rings. The highest BCUT2D eigenvalue weighted by Gasteiger charge is 2.27. The first kappa shape index (κ1) is 15.4. The number of benzene rings is 1. The van der Waals surface area contributed by atoms with Crippen LogP contribution in [-0.4, -0.2) is 17.0 Å². The van der Waals surface area contributed by atoms with Gasteiger partial charge >= 0.3 is 0 Å². The van der Waals surface area contributed by atoms with Gasteiger partial charge in [0.15, 0.2) is 0 Å². The van der Waals surface area contributed by atoms with E-state index in [2.05, 4.69) is 19.2 Å². The van der Waals surface area contributed by atoms with Crippen molar-refractivity contribution in [2.24, 2.45) is 11.7 Å². The summed E-state index contributed by atoms with van der Waals surface area (Å²) in [6.07, 6.45) is 0.856. The number of nitrogens with one attached hydrogen (secondary N) is 1. The van der Waals surface area contributed by atoms with Crippen LogP contribution in [0.15, 0.2) is 18.2 Å². The van der Waals surface area contributed by atoms with Gasteiger partial charge in [-0.15, -0.1) is 0 Å². The van der Waals surface area contributed by atoms with Gasteiger partial charge in [-0.2, -0.15) is 0 Å². The zero-order valence-corrected chi connectivity index (χ0v) is 12.1. The Labute approximate surface area is 114 Å². The van der Waals surface area contributed by atoms with E-state index in [1.807, 2.05) is 13.0 Å². The van der Waals surface area contributed by atoms with Crippen molar-refractivity contribution in [3.05, 3.63) is 33.9 Å². The summed E-state index contributed by atoms with van der Waals surface area (Å²) in [6.45, 7) is 8.39. The maximum absolute atomic E-state index is 11.2. The Kier molecular flexibility index (Phi) is 4.89. The Balaban J connectivity index is 3.10. The smallest absolute Gasteiger partial charge is 0.295 e. The van der Waals surface area contributed by atoms with E-state index in [0.29, 0.717) is 23.7 Å². The van der Waals surface area contributed by atoms with E-state index in [0.717, 1.165) is 6.42 Å². The maximum Gasteiger partial charge on any atom is 0.295 e. The number of para-hydroxylation sites is 1. The predicted molar refractivity (Wildman–Crippen MR) is 78.4 cm³/mol. The molecular weight excluding hydrogens is 242 g/mol. The second kappa shape index (κ2) is 6.02. The molecule has 0 heterocycles. The molecule has 3 N–H and O–H groups in total. The molecule has 1 aromatic carbocycles. The summed E-state index contributed by atoms with van der Waals surface area (Å²) < 4.78 is 0. The molecule has 0 aliphatic heterocycles. The Hall–Kier alpha value is -1.62. The molecule has 0 bridgehead atoms. The number of nitro benzene ring substituents is 1. The molecule has 0 aliphatic rings. The first-order chi connectivity index (χ1) is 8.79. The summed E-state index contributed by atoms with van der Waals surface area (Å²) in [5.41, 5.74) is 6.82. The summed E-state index contributed by atoms with van der Waals surface area (Å²) >= 11 is 0. The lowest BCUT2D eigenvalue weighted by atomic mass is 9.90. The number of hydrogen-bond donors (Lipinski definition) is 2. The Morgan fingerprint density at radius 2 is 2.11 bits per heavy atom. The van der Waals surface area contributed by atoms with E-state index >= 15 is 0 Å². The van der Waals surface area contributed by atoms with Gasteiger partial charge in [0.05, 0.1) is 4.92 Å². The minimum atomic E-state index is -0.343. The second-order valence-corrected chi connectivity index (χ2v) is 5.72. The number of nitrogens with two attached hydrogens (primary N) is 1. The van der Waals surface area contributed by atoms with Crippen molar-refractivity contribution >= 4 is 11.4 Å². The lowest BCUT2D eigenvalue weighted by molar-refractivity contribution is -0.384. The summed E-state index contributed by atoms with van der Waals surface area (Å²) in [6, 6.07) is 5.29. The summed E-state index contributed by atoms with van der Waals surface area (Å²) in [5.74, 6) is 0.463. The highest BCUT2D eigenvalue weighted by molar-refractivity contribution is 5.66. The molecule has 106 valence electrons. The first-order valence-electron chi connectivity index (χ1n) is 6.51. The molecule has 0 fully saturated rings. The van der Waals surface area contributed by atoms with Crippen LogP contribution >= 0.6 is 0 Å². The predicted octanol–water partition coefficient (Wildman–Crippen LogP) is 3.08. The van der Waals surface area contributed by atoms with E-state index in [1.165, 1.54) is 0 Å². The van der Waals surface area contributed by atoms with Crippen LogP contribution in [0.5, 0.6) is 0 Å². The van der Waals surface area contributed by atoms with E-state index in [-0.39, 0.29) is 16.1 Å². The Bertz CT molecular complexity index is 460. The van der Waals surface area contributed by atoms with Crippen molar-refractivity contribution in [1.82, 2.24) is 0 Å². The van der Waals surface area contributed by atoms with Crippen molar-refractivity contribution in [1.29, 1.82) is 0 Å². The highest BCUT2D eigenvalue weighted by Crippen LogP contribution is 2.31. The zero-order chi connectivity index (χ0) is 14.6. The molecule has 19 heavy (non-hydrogen) atoms. The van der Waals surface area contributed by atoms with Gasteiger partial charge in [-0.1, -0.05) is 26.0 Å². The minimum absolute atomic E-state index is 0.130. The number of rotatable bonds is 6. The van der Waals surface area contributed by atoms with E-state index < -0.39 is 0 Å². The van der Waals surface area contributed by atoms with Crippen LogP contribution in [0.2, 0.25) is 0 Å². The third-order valence-corrected chi connectivity index (χ3v) is 3.17. The molecule has 0 amide bonds. The van der Waals surface area contributed by atoms with Crippen LogP contribution in [-0.2, 0) is 0 Å². The van der Waals surface area contributed by atoms with Crippen LogP contribution in [0.4, 0.5) is 11.4 Å². The quantitative estimate of drug-likeness (QED) is 0.611. The van der Waals surface area contributed by atoms with Crippen molar-refractivity contribution in [3.8, 4) is 0 Å². The van der Waals surface area contributed by atoms with Gasteiger partial charge in [-0.25, -0.2) is 0 Å². The fraction of sp³-hybridized carbons (Fsp3) is 0.571. The minimum Gasteiger partial charge on any atom is -0.373 e. The van der Waals surface area contributed by atoms with Crippen LogP contribution in [0, 0.1) is 23.0 Å². The van der Waals surface area contributed by atoms with Crippen LogP contribution in [0.3, 0.4) is 0 Å². The molecule has 1 unspecified atom stereocenters. The summed E-state index contributed by atoms with van der Waals surface area (Å²) in [4.78, 5) is 10.8. The zero-order valence-electron chi connectivity index (χ0n) is 12.1. The number of nitrogens with zero attached hydrogens (tertiary/aromatic N) is 1. The molecule has 5 heteroatoms. The number of aryl methyl sites for hydroxylation is 1. The van der Waals surface area contributed by atoms with Gasteiger partial charge in [-0.05, 0) is 32.3 Å². The molecule has 1 atom stereocenters. The molecule has 0 aromatic heterocycles. The third-order valence-electron chi connectivity index (χ3n) is 3.17. The fourth-order valence-electron chi connectivity index (χ4n) is 2.41. The van der Waals surface area contributed by atoms with Gasteiger partial charge in [0.25, 0.3) is 5.69 Å².